The lowest BCUT2D eigenvalue weighted by Gasteiger charge is -2.33. The molecule has 1 saturated heterocycles. The largest absolute Gasteiger partial charge is 0.481 e. The van der Waals surface area contributed by atoms with Crippen LogP contribution in [0.2, 0.25) is 0 Å². The van der Waals surface area contributed by atoms with Gasteiger partial charge in [-0.05, 0) is 37.0 Å². The third-order valence-electron chi connectivity index (χ3n) is 8.27. The Bertz CT molecular complexity index is 1270. The maximum absolute atomic E-state index is 13.8. The van der Waals surface area contributed by atoms with Crippen molar-refractivity contribution >= 4 is 53.4 Å². The minimum absolute atomic E-state index is 0.0227. The molecular weight excluding hydrogens is 660 g/mol. The zero-order valence-corrected chi connectivity index (χ0v) is 29.6. The number of nitrogens with zero attached hydrogens (tertiary/aromatic N) is 1. The summed E-state index contributed by atoms with van der Waals surface area (Å²) in [4.78, 5) is 114. The first-order chi connectivity index (χ1) is 23.2. The SMILES string of the molecule is CCC(C)C(NC(=O)C(CC(=O)O)NC(=O)C(CC(=O)O)NC(C)=O)C(=O)NC(C(=O)N1CCCC1C(=O)NC(CC(C)C)C(=O)O)C(C)C. The van der Waals surface area contributed by atoms with Crippen LogP contribution in [0.15, 0.2) is 0 Å². The molecule has 0 aliphatic carbocycles. The van der Waals surface area contributed by atoms with Crippen LogP contribution in [0.3, 0.4) is 0 Å². The fraction of sp³-hybridized carbons (Fsp3) is 0.719. The van der Waals surface area contributed by atoms with Crippen LogP contribution in [0.1, 0.15) is 87.0 Å². The molecule has 0 spiro atoms. The summed E-state index contributed by atoms with van der Waals surface area (Å²) in [7, 11) is 0. The van der Waals surface area contributed by atoms with Gasteiger partial charge in [0.1, 0.15) is 36.3 Å². The van der Waals surface area contributed by atoms with Crippen LogP contribution in [0.4, 0.5) is 0 Å². The summed E-state index contributed by atoms with van der Waals surface area (Å²) in [5, 5.41) is 40.0. The van der Waals surface area contributed by atoms with E-state index < -0.39 is 114 Å². The number of rotatable bonds is 20. The minimum atomic E-state index is -1.78. The number of nitrogens with one attached hydrogen (secondary N) is 5. The van der Waals surface area contributed by atoms with Gasteiger partial charge in [0.2, 0.25) is 35.4 Å². The number of carboxylic acids is 3. The van der Waals surface area contributed by atoms with E-state index in [1.807, 2.05) is 13.8 Å². The standard InChI is InChI=1S/C32H52N6O12/c1-8-17(6)26(37-28(45)20(14-24(42)43)34-27(44)19(13-23(40)41)33-18(7)39)30(47)36-25(16(4)5)31(48)38-11-9-10-22(38)29(46)35-21(32(49)50)12-15(2)3/h15-17,19-22,25-26H,8-14H2,1-7H3,(H,33,39)(H,34,44)(H,35,46)(H,36,47)(H,37,45)(H,40,41)(H,42,43)(H,49,50). The van der Waals surface area contributed by atoms with E-state index in [0.717, 1.165) is 6.92 Å². The molecule has 7 atom stereocenters. The Balaban J connectivity index is 3.24. The quantitative estimate of drug-likeness (QED) is 0.0771. The summed E-state index contributed by atoms with van der Waals surface area (Å²) < 4.78 is 0. The number of amides is 6. The van der Waals surface area contributed by atoms with Crippen molar-refractivity contribution < 1.29 is 58.5 Å². The van der Waals surface area contributed by atoms with Crippen molar-refractivity contribution in [3.8, 4) is 0 Å². The molecule has 0 aromatic carbocycles. The van der Waals surface area contributed by atoms with Crippen molar-refractivity contribution in [2.45, 2.75) is 123 Å². The van der Waals surface area contributed by atoms with Crippen LogP contribution in [0.25, 0.3) is 0 Å². The van der Waals surface area contributed by atoms with Crippen molar-refractivity contribution in [1.82, 2.24) is 31.5 Å². The second-order valence-electron chi connectivity index (χ2n) is 13.3. The first-order valence-corrected chi connectivity index (χ1v) is 16.6. The smallest absolute Gasteiger partial charge is 0.326 e. The molecule has 0 aromatic rings. The molecular formula is C32H52N6O12. The predicted octanol–water partition coefficient (Wildman–Crippen LogP) is -0.796. The van der Waals surface area contributed by atoms with Gasteiger partial charge in [-0.3, -0.25) is 38.4 Å². The molecule has 7 unspecified atom stereocenters. The number of carboxylic acid groups (broad SMARTS) is 3. The van der Waals surface area contributed by atoms with E-state index in [9.17, 15) is 53.4 Å². The normalized spacial score (nSPS) is 17.8. The summed E-state index contributed by atoms with van der Waals surface area (Å²) in [5.74, 6) is -10.2. The second-order valence-corrected chi connectivity index (χ2v) is 13.3. The van der Waals surface area contributed by atoms with E-state index in [4.69, 9.17) is 5.11 Å². The lowest BCUT2D eigenvalue weighted by Crippen LogP contribution is -2.61. The molecule has 1 rings (SSSR count). The number of aliphatic carboxylic acids is 3. The van der Waals surface area contributed by atoms with Crippen LogP contribution in [-0.2, 0) is 43.2 Å². The highest BCUT2D eigenvalue weighted by molar-refractivity contribution is 5.98. The van der Waals surface area contributed by atoms with Gasteiger partial charge in [0.15, 0.2) is 0 Å². The van der Waals surface area contributed by atoms with Crippen LogP contribution in [0.5, 0.6) is 0 Å². The van der Waals surface area contributed by atoms with Gasteiger partial charge in [-0.15, -0.1) is 0 Å². The number of hydrogen-bond donors (Lipinski definition) is 8. The molecule has 1 aliphatic rings. The molecule has 0 radical (unpaired) electrons. The summed E-state index contributed by atoms with van der Waals surface area (Å²) >= 11 is 0. The van der Waals surface area contributed by atoms with Gasteiger partial charge in [0.05, 0.1) is 12.8 Å². The van der Waals surface area contributed by atoms with Gasteiger partial charge in [0.25, 0.3) is 0 Å². The third kappa shape index (κ3) is 13.6. The second kappa shape index (κ2) is 20.0. The highest BCUT2D eigenvalue weighted by Gasteiger charge is 2.41. The minimum Gasteiger partial charge on any atom is -0.481 e. The highest BCUT2D eigenvalue weighted by atomic mass is 16.4. The predicted molar refractivity (Wildman–Crippen MR) is 176 cm³/mol. The lowest BCUT2D eigenvalue weighted by atomic mass is 9.95. The van der Waals surface area contributed by atoms with Crippen molar-refractivity contribution in [3.05, 3.63) is 0 Å². The highest BCUT2D eigenvalue weighted by Crippen LogP contribution is 2.22. The number of hydrogen-bond acceptors (Lipinski definition) is 9. The molecule has 18 nitrogen and oxygen atoms in total. The Labute approximate surface area is 290 Å². The van der Waals surface area contributed by atoms with E-state index in [1.165, 1.54) is 4.90 Å². The Morgan fingerprint density at radius 3 is 1.68 bits per heavy atom. The van der Waals surface area contributed by atoms with Gasteiger partial charge in [-0.25, -0.2) is 4.79 Å². The van der Waals surface area contributed by atoms with Gasteiger partial charge in [-0.2, -0.15) is 0 Å². The first kappa shape index (κ1) is 43.3. The summed E-state index contributed by atoms with van der Waals surface area (Å²) in [5.41, 5.74) is 0. The van der Waals surface area contributed by atoms with Crippen LogP contribution >= 0.6 is 0 Å². The van der Waals surface area contributed by atoms with Crippen LogP contribution < -0.4 is 26.6 Å². The van der Waals surface area contributed by atoms with Crippen molar-refractivity contribution in [2.75, 3.05) is 6.54 Å². The summed E-state index contributed by atoms with van der Waals surface area (Å²) in [6, 6.07) is -8.02. The summed E-state index contributed by atoms with van der Waals surface area (Å²) in [6.45, 7) is 11.5. The zero-order chi connectivity index (χ0) is 38.5. The monoisotopic (exact) mass is 712 g/mol. The van der Waals surface area contributed by atoms with Crippen molar-refractivity contribution in [3.63, 3.8) is 0 Å². The molecule has 6 amide bonds. The third-order valence-corrected chi connectivity index (χ3v) is 8.27. The first-order valence-electron chi connectivity index (χ1n) is 16.6. The number of carbonyl (C=O) groups excluding carboxylic acids is 6. The molecule has 0 aromatic heterocycles. The lowest BCUT2D eigenvalue weighted by molar-refractivity contribution is -0.146. The molecule has 1 aliphatic heterocycles. The van der Waals surface area contributed by atoms with Gasteiger partial charge in [0, 0.05) is 13.5 Å². The Morgan fingerprint density at radius 1 is 0.700 bits per heavy atom. The molecule has 0 saturated carbocycles. The van der Waals surface area contributed by atoms with Gasteiger partial charge < -0.3 is 46.8 Å². The van der Waals surface area contributed by atoms with Crippen LogP contribution in [-0.4, -0.2) is 116 Å². The van der Waals surface area contributed by atoms with E-state index in [1.54, 1.807) is 27.7 Å². The number of likely N-dealkylation sites (tertiary alicyclic amines) is 1. The van der Waals surface area contributed by atoms with Crippen molar-refractivity contribution in [2.24, 2.45) is 17.8 Å². The fourth-order valence-corrected chi connectivity index (χ4v) is 5.44. The van der Waals surface area contributed by atoms with E-state index in [2.05, 4.69) is 26.6 Å². The van der Waals surface area contributed by atoms with Crippen molar-refractivity contribution in [1.29, 1.82) is 0 Å². The topological polar surface area (TPSA) is 278 Å². The Kier molecular flexibility index (Phi) is 17.3. The zero-order valence-electron chi connectivity index (χ0n) is 29.6. The Morgan fingerprint density at radius 2 is 1.22 bits per heavy atom. The number of carbonyl (C=O) groups is 9. The molecule has 282 valence electrons. The van der Waals surface area contributed by atoms with Gasteiger partial charge in [-0.1, -0.05) is 48.0 Å². The van der Waals surface area contributed by atoms with Crippen LogP contribution in [0, 0.1) is 17.8 Å². The molecule has 50 heavy (non-hydrogen) atoms. The molecule has 8 N–H and O–H groups in total. The Hall–Kier alpha value is -4.77. The molecule has 1 fully saturated rings. The van der Waals surface area contributed by atoms with E-state index >= 15 is 0 Å². The maximum atomic E-state index is 13.8. The van der Waals surface area contributed by atoms with E-state index in [0.29, 0.717) is 12.8 Å². The molecule has 1 heterocycles. The molecule has 0 bridgehead atoms. The average Bonchev–Trinajstić information content (AvgIpc) is 3.49. The maximum Gasteiger partial charge on any atom is 0.326 e. The van der Waals surface area contributed by atoms with Gasteiger partial charge >= 0.3 is 17.9 Å². The molecule has 18 heteroatoms. The fourth-order valence-electron chi connectivity index (χ4n) is 5.44. The summed E-state index contributed by atoms with van der Waals surface area (Å²) in [6.07, 6.45) is -0.536. The van der Waals surface area contributed by atoms with E-state index in [-0.39, 0.29) is 25.3 Å². The average molecular weight is 713 g/mol.